The summed E-state index contributed by atoms with van der Waals surface area (Å²) in [4.78, 5) is 16.0. The van der Waals surface area contributed by atoms with Gasteiger partial charge in [0, 0.05) is 17.6 Å². The summed E-state index contributed by atoms with van der Waals surface area (Å²) >= 11 is 3.48. The lowest BCUT2D eigenvalue weighted by Crippen LogP contribution is -2.33. The molecule has 3 N–H and O–H groups in total. The Balaban J connectivity index is 1.63. The summed E-state index contributed by atoms with van der Waals surface area (Å²) in [6.07, 6.45) is 1.45. The molecule has 1 aromatic carbocycles. The summed E-state index contributed by atoms with van der Waals surface area (Å²) in [5.41, 5.74) is 2.49. The van der Waals surface area contributed by atoms with Gasteiger partial charge in [0.1, 0.15) is 11.8 Å². The number of nitrogens with one attached hydrogen (secondary N) is 3. The number of pyridine rings is 1. The monoisotopic (exact) mass is 401 g/mol. The van der Waals surface area contributed by atoms with Gasteiger partial charge in [0.25, 0.3) is 0 Å². The fraction of sp³-hybridized carbons (Fsp3) is 0.235. The Bertz CT molecular complexity index is 798. The molecule has 1 aliphatic heterocycles. The van der Waals surface area contributed by atoms with E-state index in [1.807, 2.05) is 24.3 Å². The summed E-state index contributed by atoms with van der Waals surface area (Å²) in [5, 5.41) is 17.5. The second-order valence-corrected chi connectivity index (χ2v) is 6.28. The maximum Gasteiger partial charge on any atom is 0.323 e. The van der Waals surface area contributed by atoms with Crippen molar-refractivity contribution in [2.75, 3.05) is 30.3 Å². The first kappa shape index (κ1) is 17.4. The van der Waals surface area contributed by atoms with Crippen LogP contribution in [0.5, 0.6) is 0 Å². The van der Waals surface area contributed by atoms with Gasteiger partial charge in [-0.25, -0.2) is 9.78 Å². The molecular weight excluding hydrogens is 386 g/mol. The number of anilines is 2. The largest absolute Gasteiger partial charge is 0.371 e. The van der Waals surface area contributed by atoms with E-state index in [1.54, 1.807) is 12.1 Å². The first-order valence-corrected chi connectivity index (χ1v) is 8.51. The molecule has 1 saturated heterocycles. The van der Waals surface area contributed by atoms with Gasteiger partial charge in [-0.15, -0.1) is 0 Å². The van der Waals surface area contributed by atoms with E-state index in [1.165, 1.54) is 6.20 Å². The van der Waals surface area contributed by atoms with Gasteiger partial charge >= 0.3 is 6.03 Å². The number of amides is 2. The molecule has 8 heteroatoms. The molecule has 2 heterocycles. The lowest BCUT2D eigenvalue weighted by molar-refractivity contribution is 0.0277. The molecule has 0 aliphatic carbocycles. The first-order valence-electron chi connectivity index (χ1n) is 7.71. The average Bonchev–Trinajstić information content (AvgIpc) is 2.65. The van der Waals surface area contributed by atoms with E-state index in [0.717, 1.165) is 23.1 Å². The predicted octanol–water partition coefficient (Wildman–Crippen LogP) is 3.02. The number of aromatic nitrogens is 1. The summed E-state index contributed by atoms with van der Waals surface area (Å²) < 4.78 is 6.50. The van der Waals surface area contributed by atoms with Crippen LogP contribution in [0.15, 0.2) is 41.0 Å². The second kappa shape index (κ2) is 8.07. The molecule has 2 amide bonds. The zero-order valence-electron chi connectivity index (χ0n) is 13.3. The highest BCUT2D eigenvalue weighted by atomic mass is 79.9. The highest BCUT2D eigenvalue weighted by Gasteiger charge is 2.17. The predicted molar refractivity (Wildman–Crippen MR) is 97.3 cm³/mol. The minimum atomic E-state index is -0.393. The first-order chi connectivity index (χ1) is 12.2. The Kier molecular flexibility index (Phi) is 5.60. The summed E-state index contributed by atoms with van der Waals surface area (Å²) in [7, 11) is 0. The van der Waals surface area contributed by atoms with Gasteiger partial charge in [-0.05, 0) is 45.8 Å². The van der Waals surface area contributed by atoms with E-state index in [4.69, 9.17) is 10.00 Å². The van der Waals surface area contributed by atoms with Gasteiger partial charge in [-0.1, -0.05) is 6.07 Å². The minimum absolute atomic E-state index is 0.0117. The Morgan fingerprint density at radius 2 is 2.24 bits per heavy atom. The number of hydrogen-bond donors (Lipinski definition) is 3. The summed E-state index contributed by atoms with van der Waals surface area (Å²) in [6.45, 7) is 2.32. The average molecular weight is 402 g/mol. The van der Waals surface area contributed by atoms with Crippen LogP contribution in [0.4, 0.5) is 16.2 Å². The van der Waals surface area contributed by atoms with Crippen molar-refractivity contribution in [2.45, 2.75) is 6.10 Å². The number of rotatable bonds is 3. The third-order valence-corrected chi connectivity index (χ3v) is 4.33. The molecule has 1 aromatic heterocycles. The van der Waals surface area contributed by atoms with Crippen LogP contribution in [0, 0.1) is 11.3 Å². The van der Waals surface area contributed by atoms with Crippen molar-refractivity contribution in [1.82, 2.24) is 10.3 Å². The molecule has 128 valence electrons. The third kappa shape index (κ3) is 4.54. The smallest absolute Gasteiger partial charge is 0.323 e. The zero-order valence-corrected chi connectivity index (χ0v) is 14.8. The quantitative estimate of drug-likeness (QED) is 0.733. The van der Waals surface area contributed by atoms with Crippen LogP contribution >= 0.6 is 15.9 Å². The maximum atomic E-state index is 12.1. The number of hydrogen-bond acceptors (Lipinski definition) is 5. The Labute approximate surface area is 153 Å². The molecule has 1 fully saturated rings. The molecule has 1 unspecified atom stereocenters. The number of carbonyl (C=O) groups is 1. The van der Waals surface area contributed by atoms with Crippen LogP contribution in [-0.4, -0.2) is 30.7 Å². The van der Waals surface area contributed by atoms with Crippen LogP contribution in [-0.2, 0) is 4.74 Å². The minimum Gasteiger partial charge on any atom is -0.371 e. The number of ether oxygens (including phenoxy) is 1. The number of nitriles is 1. The van der Waals surface area contributed by atoms with Crippen molar-refractivity contribution in [3.05, 3.63) is 52.3 Å². The van der Waals surface area contributed by atoms with E-state index >= 15 is 0 Å². The van der Waals surface area contributed by atoms with Gasteiger partial charge < -0.3 is 20.7 Å². The van der Waals surface area contributed by atoms with E-state index in [0.29, 0.717) is 23.7 Å². The van der Waals surface area contributed by atoms with Gasteiger partial charge in [0.05, 0.1) is 30.3 Å². The van der Waals surface area contributed by atoms with E-state index in [9.17, 15) is 4.79 Å². The number of morpholine rings is 1. The molecule has 0 bridgehead atoms. The molecule has 3 rings (SSSR count). The van der Waals surface area contributed by atoms with E-state index < -0.39 is 6.03 Å². The van der Waals surface area contributed by atoms with Gasteiger partial charge in [-0.2, -0.15) is 5.26 Å². The Morgan fingerprint density at radius 3 is 2.88 bits per heavy atom. The summed E-state index contributed by atoms with van der Waals surface area (Å²) in [5.74, 6) is 0. The number of halogens is 1. The third-order valence-electron chi connectivity index (χ3n) is 3.68. The van der Waals surface area contributed by atoms with Crippen molar-refractivity contribution in [1.29, 1.82) is 5.26 Å². The molecular formula is C17H16BrN5O2. The molecule has 1 atom stereocenters. The SMILES string of the molecule is N#Cc1ccc(NC(=O)Nc2ccc(C3CNCCO3)cc2Br)cn1. The standard InChI is InChI=1S/C17H16BrN5O2/c18-14-7-11(16-10-20-5-6-25-16)1-4-15(14)23-17(24)22-13-3-2-12(8-19)21-9-13/h1-4,7,9,16,20H,5-6,10H2,(H2,22,23,24). The van der Waals surface area contributed by atoms with Gasteiger partial charge in [0.2, 0.25) is 0 Å². The number of urea groups is 1. The molecule has 7 nitrogen and oxygen atoms in total. The fourth-order valence-corrected chi connectivity index (χ4v) is 2.93. The number of carbonyl (C=O) groups excluding carboxylic acids is 1. The Hall–Kier alpha value is -2.47. The normalized spacial score (nSPS) is 16.7. The molecule has 0 spiro atoms. The molecule has 0 radical (unpaired) electrons. The van der Waals surface area contributed by atoms with Crippen molar-refractivity contribution >= 4 is 33.3 Å². The van der Waals surface area contributed by atoms with Crippen LogP contribution in [0.3, 0.4) is 0 Å². The van der Waals surface area contributed by atoms with Gasteiger partial charge in [-0.3, -0.25) is 0 Å². The highest BCUT2D eigenvalue weighted by Crippen LogP contribution is 2.28. The van der Waals surface area contributed by atoms with E-state index in [2.05, 4.69) is 36.9 Å². The number of benzene rings is 1. The molecule has 1 aliphatic rings. The van der Waals surface area contributed by atoms with Crippen LogP contribution in [0.2, 0.25) is 0 Å². The number of nitrogens with zero attached hydrogens (tertiary/aromatic N) is 2. The highest BCUT2D eigenvalue weighted by molar-refractivity contribution is 9.10. The van der Waals surface area contributed by atoms with Crippen molar-refractivity contribution in [3.63, 3.8) is 0 Å². The second-order valence-electron chi connectivity index (χ2n) is 5.43. The topological polar surface area (TPSA) is 99.1 Å². The lowest BCUT2D eigenvalue weighted by atomic mass is 10.1. The molecule has 2 aromatic rings. The Morgan fingerprint density at radius 1 is 1.36 bits per heavy atom. The summed E-state index contributed by atoms with van der Waals surface area (Å²) in [6, 6.07) is 10.4. The van der Waals surface area contributed by atoms with Crippen molar-refractivity contribution in [3.8, 4) is 6.07 Å². The van der Waals surface area contributed by atoms with Crippen LogP contribution in [0.1, 0.15) is 17.4 Å². The van der Waals surface area contributed by atoms with Crippen LogP contribution in [0.25, 0.3) is 0 Å². The fourth-order valence-electron chi connectivity index (χ4n) is 2.43. The van der Waals surface area contributed by atoms with Crippen molar-refractivity contribution < 1.29 is 9.53 Å². The lowest BCUT2D eigenvalue weighted by Gasteiger charge is -2.24. The van der Waals surface area contributed by atoms with E-state index in [-0.39, 0.29) is 6.10 Å². The molecule has 25 heavy (non-hydrogen) atoms. The molecule has 0 saturated carbocycles. The zero-order chi connectivity index (χ0) is 17.6. The van der Waals surface area contributed by atoms with Crippen molar-refractivity contribution in [2.24, 2.45) is 0 Å². The van der Waals surface area contributed by atoms with Gasteiger partial charge in [0.15, 0.2) is 0 Å². The maximum absolute atomic E-state index is 12.1. The van der Waals surface area contributed by atoms with Crippen LogP contribution < -0.4 is 16.0 Å².